The van der Waals surface area contributed by atoms with Crippen LogP contribution in [0.25, 0.3) is 0 Å². The number of nitrogens with two attached hydrogens (primary N) is 1. The second-order valence-electron chi connectivity index (χ2n) is 4.13. The molecule has 0 aliphatic heterocycles. The zero-order chi connectivity index (χ0) is 14.3. The minimum Gasteiger partial charge on any atom is -0.378 e. The van der Waals surface area contributed by atoms with Crippen LogP contribution in [0.1, 0.15) is 6.92 Å². The van der Waals surface area contributed by atoms with Gasteiger partial charge in [-0.2, -0.15) is 0 Å². The van der Waals surface area contributed by atoms with Gasteiger partial charge >= 0.3 is 0 Å². The Kier molecular flexibility index (Phi) is 5.74. The van der Waals surface area contributed by atoms with Crippen molar-refractivity contribution >= 4 is 17.3 Å². The fraction of sp³-hybridized carbons (Fsp3) is 0.417. The van der Waals surface area contributed by atoms with Crippen LogP contribution in [0.3, 0.4) is 0 Å². The van der Waals surface area contributed by atoms with Crippen LogP contribution in [0.2, 0.25) is 0 Å². The highest BCUT2D eigenvalue weighted by Crippen LogP contribution is 2.22. The lowest BCUT2D eigenvalue weighted by atomic mass is 10.2. The van der Waals surface area contributed by atoms with Gasteiger partial charge in [0.2, 0.25) is 5.91 Å². The fourth-order valence-electron chi connectivity index (χ4n) is 1.45. The van der Waals surface area contributed by atoms with Gasteiger partial charge in [-0.05, 0) is 6.07 Å². The molecule has 7 nitrogen and oxygen atoms in total. The predicted octanol–water partition coefficient (Wildman–Crippen LogP) is 0.718. The lowest BCUT2D eigenvalue weighted by Crippen LogP contribution is -2.35. The van der Waals surface area contributed by atoms with Gasteiger partial charge in [-0.1, -0.05) is 19.1 Å². The fourth-order valence-corrected chi connectivity index (χ4v) is 1.45. The summed E-state index contributed by atoms with van der Waals surface area (Å²) in [5.41, 5.74) is 5.83. The van der Waals surface area contributed by atoms with Crippen LogP contribution in [0.4, 0.5) is 11.4 Å². The van der Waals surface area contributed by atoms with Gasteiger partial charge in [-0.15, -0.1) is 0 Å². The normalized spacial score (nSPS) is 11.7. The highest BCUT2D eigenvalue weighted by atomic mass is 16.6. The highest BCUT2D eigenvalue weighted by molar-refractivity contribution is 5.78. The molecular weight excluding hydrogens is 248 g/mol. The summed E-state index contributed by atoms with van der Waals surface area (Å²) in [7, 11) is 0. The largest absolute Gasteiger partial charge is 0.378 e. The van der Waals surface area contributed by atoms with Crippen LogP contribution < -0.4 is 16.4 Å². The van der Waals surface area contributed by atoms with E-state index in [2.05, 4.69) is 10.6 Å². The minimum atomic E-state index is -0.447. The van der Waals surface area contributed by atoms with E-state index in [0.717, 1.165) is 0 Å². The Balaban J connectivity index is 2.42. The molecule has 0 saturated carbocycles. The van der Waals surface area contributed by atoms with Crippen molar-refractivity contribution in [2.24, 2.45) is 11.7 Å². The van der Waals surface area contributed by atoms with Crippen LogP contribution in [-0.4, -0.2) is 30.5 Å². The van der Waals surface area contributed by atoms with Gasteiger partial charge in [0.05, 0.1) is 4.92 Å². The molecule has 0 heterocycles. The lowest BCUT2D eigenvalue weighted by molar-refractivity contribution is -0.384. The van der Waals surface area contributed by atoms with Gasteiger partial charge in [-0.3, -0.25) is 14.9 Å². The van der Waals surface area contributed by atoms with E-state index >= 15 is 0 Å². The molecule has 0 fully saturated rings. The predicted molar refractivity (Wildman–Crippen MR) is 72.8 cm³/mol. The van der Waals surface area contributed by atoms with E-state index in [0.29, 0.717) is 25.3 Å². The number of anilines is 1. The first-order chi connectivity index (χ1) is 9.06. The van der Waals surface area contributed by atoms with E-state index in [-0.39, 0.29) is 17.5 Å². The summed E-state index contributed by atoms with van der Waals surface area (Å²) in [6, 6.07) is 6.37. The summed E-state index contributed by atoms with van der Waals surface area (Å²) in [4.78, 5) is 21.8. The van der Waals surface area contributed by atoms with E-state index in [1.165, 1.54) is 6.07 Å². The third-order valence-electron chi connectivity index (χ3n) is 2.64. The van der Waals surface area contributed by atoms with Crippen molar-refractivity contribution in [3.8, 4) is 0 Å². The molecule has 0 bridgehead atoms. The van der Waals surface area contributed by atoms with Gasteiger partial charge in [-0.25, -0.2) is 0 Å². The number of hydrogen-bond acceptors (Lipinski definition) is 5. The number of hydrogen-bond donors (Lipinski definition) is 3. The summed E-state index contributed by atoms with van der Waals surface area (Å²) in [5, 5.41) is 16.4. The van der Waals surface area contributed by atoms with Crippen molar-refractivity contribution in [1.29, 1.82) is 0 Å². The number of benzene rings is 1. The zero-order valence-corrected chi connectivity index (χ0v) is 10.8. The summed E-state index contributed by atoms with van der Waals surface area (Å²) in [6.45, 7) is 2.83. The molecule has 4 N–H and O–H groups in total. The molecule has 1 rings (SSSR count). The third kappa shape index (κ3) is 4.55. The second-order valence-corrected chi connectivity index (χ2v) is 4.13. The molecule has 1 unspecified atom stereocenters. The molecule has 1 amide bonds. The van der Waals surface area contributed by atoms with Gasteiger partial charge in [0.25, 0.3) is 5.69 Å². The summed E-state index contributed by atoms with van der Waals surface area (Å²) < 4.78 is 0. The molecule has 0 spiro atoms. The third-order valence-corrected chi connectivity index (χ3v) is 2.64. The Hall–Kier alpha value is -2.15. The Morgan fingerprint density at radius 1 is 1.42 bits per heavy atom. The van der Waals surface area contributed by atoms with E-state index in [1.54, 1.807) is 25.1 Å². The van der Waals surface area contributed by atoms with Crippen molar-refractivity contribution < 1.29 is 9.72 Å². The van der Waals surface area contributed by atoms with Gasteiger partial charge in [0.1, 0.15) is 5.69 Å². The van der Waals surface area contributed by atoms with Gasteiger partial charge in [0, 0.05) is 31.6 Å². The van der Waals surface area contributed by atoms with Crippen molar-refractivity contribution in [3.63, 3.8) is 0 Å². The second kappa shape index (κ2) is 7.32. The molecule has 7 heteroatoms. The minimum absolute atomic E-state index is 0.0177. The smallest absolute Gasteiger partial charge is 0.292 e. The number of carbonyl (C=O) groups excluding carboxylic acids is 1. The first-order valence-corrected chi connectivity index (χ1v) is 6.01. The van der Waals surface area contributed by atoms with E-state index in [1.807, 2.05) is 0 Å². The summed E-state index contributed by atoms with van der Waals surface area (Å²) in [6.07, 6.45) is 0. The standard InChI is InChI=1S/C12H18N4O3/c1-9(8-13)12(17)15-7-6-14-10-4-2-3-5-11(10)16(18)19/h2-5,9,14H,6-8,13H2,1H3,(H,15,17). The van der Waals surface area contributed by atoms with E-state index in [4.69, 9.17) is 5.73 Å². The van der Waals surface area contributed by atoms with Crippen molar-refractivity contribution in [2.75, 3.05) is 25.0 Å². The number of rotatable bonds is 7. The molecule has 19 heavy (non-hydrogen) atoms. The Bertz CT molecular complexity index is 450. The number of nitro benzene ring substituents is 1. The average molecular weight is 266 g/mol. The number of carbonyl (C=O) groups is 1. The summed E-state index contributed by atoms with van der Waals surface area (Å²) in [5.74, 6) is -0.349. The number of para-hydroxylation sites is 2. The monoisotopic (exact) mass is 266 g/mol. The number of nitro groups is 1. The Morgan fingerprint density at radius 2 is 2.11 bits per heavy atom. The maximum absolute atomic E-state index is 11.4. The molecule has 0 aromatic heterocycles. The highest BCUT2D eigenvalue weighted by Gasteiger charge is 2.12. The first kappa shape index (κ1) is 14.9. The van der Waals surface area contributed by atoms with Crippen molar-refractivity contribution in [1.82, 2.24) is 5.32 Å². The number of amides is 1. The van der Waals surface area contributed by atoms with Crippen LogP contribution >= 0.6 is 0 Å². The SMILES string of the molecule is CC(CN)C(=O)NCCNc1ccccc1[N+](=O)[O-]. The number of nitrogens with one attached hydrogen (secondary N) is 2. The molecule has 1 aromatic carbocycles. The van der Waals surface area contributed by atoms with Crippen LogP contribution in [0.5, 0.6) is 0 Å². The number of nitrogens with zero attached hydrogens (tertiary/aromatic N) is 1. The van der Waals surface area contributed by atoms with E-state index in [9.17, 15) is 14.9 Å². The zero-order valence-electron chi connectivity index (χ0n) is 10.8. The maximum atomic E-state index is 11.4. The van der Waals surface area contributed by atoms with Crippen molar-refractivity contribution in [2.45, 2.75) is 6.92 Å². The quantitative estimate of drug-likeness (QED) is 0.382. The van der Waals surface area contributed by atoms with Crippen LogP contribution in [0.15, 0.2) is 24.3 Å². The molecule has 0 radical (unpaired) electrons. The van der Waals surface area contributed by atoms with Crippen LogP contribution in [-0.2, 0) is 4.79 Å². The Morgan fingerprint density at radius 3 is 2.74 bits per heavy atom. The molecular formula is C12H18N4O3. The van der Waals surface area contributed by atoms with Gasteiger partial charge in [0.15, 0.2) is 0 Å². The Labute approximate surface area is 111 Å². The lowest BCUT2D eigenvalue weighted by Gasteiger charge is -2.11. The van der Waals surface area contributed by atoms with Gasteiger partial charge < -0.3 is 16.4 Å². The molecule has 1 atom stereocenters. The molecule has 1 aromatic rings. The topological polar surface area (TPSA) is 110 Å². The first-order valence-electron chi connectivity index (χ1n) is 6.01. The van der Waals surface area contributed by atoms with Crippen molar-refractivity contribution in [3.05, 3.63) is 34.4 Å². The van der Waals surface area contributed by atoms with Crippen LogP contribution in [0, 0.1) is 16.0 Å². The molecule has 0 saturated heterocycles. The molecule has 0 aliphatic rings. The average Bonchev–Trinajstić information content (AvgIpc) is 2.42. The maximum Gasteiger partial charge on any atom is 0.292 e. The molecule has 0 aliphatic carbocycles. The molecule has 104 valence electrons. The van der Waals surface area contributed by atoms with E-state index < -0.39 is 4.92 Å². The summed E-state index contributed by atoms with van der Waals surface area (Å²) >= 11 is 0.